The van der Waals surface area contributed by atoms with E-state index in [1.54, 1.807) is 25.1 Å². The molecule has 4 rings (SSSR count). The number of pyridine rings is 1. The minimum Gasteiger partial charge on any atom is -0.494 e. The lowest BCUT2D eigenvalue weighted by atomic mass is 9.98. The standard InChI is InChI=1S/C27H23N3O4S3/c1-16-20(15-28)24(32)30(17(2)18-8-4-3-5-9-18)26(34)23(16)21(31)11-6-12-29-25(33)22(37-27(29)35)14-19-10-7-13-36-19/h3-5,7-10,13-14,17,34H,6,11-12H2,1-2H3/b22-14-. The van der Waals surface area contributed by atoms with Crippen molar-refractivity contribution >= 4 is 57.4 Å². The van der Waals surface area contributed by atoms with Gasteiger partial charge in [-0.2, -0.15) is 5.26 Å². The van der Waals surface area contributed by atoms with Crippen molar-refractivity contribution in [1.82, 2.24) is 9.47 Å². The third-order valence-electron chi connectivity index (χ3n) is 6.17. The molecule has 1 aliphatic rings. The zero-order chi connectivity index (χ0) is 26.7. The summed E-state index contributed by atoms with van der Waals surface area (Å²) in [6, 6.07) is 14.2. The summed E-state index contributed by atoms with van der Waals surface area (Å²) in [5.41, 5.74) is 0.00834. The Balaban J connectivity index is 1.55. The van der Waals surface area contributed by atoms with E-state index in [1.165, 1.54) is 34.9 Å². The second-order valence-corrected chi connectivity index (χ2v) is 11.1. The van der Waals surface area contributed by atoms with Crippen LogP contribution < -0.4 is 5.56 Å². The van der Waals surface area contributed by atoms with E-state index in [-0.39, 0.29) is 35.6 Å². The fraction of sp³-hybridized carbons (Fsp3) is 0.222. The highest BCUT2D eigenvalue weighted by molar-refractivity contribution is 8.26. The molecule has 0 bridgehead atoms. The predicted molar refractivity (Wildman–Crippen MR) is 150 cm³/mol. The van der Waals surface area contributed by atoms with Gasteiger partial charge in [0.1, 0.15) is 16.0 Å². The molecule has 7 nitrogen and oxygen atoms in total. The molecule has 1 aromatic carbocycles. The van der Waals surface area contributed by atoms with Gasteiger partial charge in [0, 0.05) is 17.8 Å². The van der Waals surface area contributed by atoms with Crippen LogP contribution in [0.3, 0.4) is 0 Å². The molecule has 0 aliphatic carbocycles. The molecule has 37 heavy (non-hydrogen) atoms. The summed E-state index contributed by atoms with van der Waals surface area (Å²) in [4.78, 5) is 42.1. The highest BCUT2D eigenvalue weighted by Crippen LogP contribution is 2.34. The second kappa shape index (κ2) is 11.3. The van der Waals surface area contributed by atoms with Gasteiger partial charge in [0.05, 0.1) is 16.5 Å². The Morgan fingerprint density at radius 3 is 2.59 bits per heavy atom. The van der Waals surface area contributed by atoms with Crippen molar-refractivity contribution in [2.45, 2.75) is 32.7 Å². The van der Waals surface area contributed by atoms with Crippen molar-refractivity contribution in [2.24, 2.45) is 0 Å². The number of nitrogens with zero attached hydrogens (tertiary/aromatic N) is 3. The molecular formula is C27H23N3O4S3. The van der Waals surface area contributed by atoms with Gasteiger partial charge in [-0.3, -0.25) is 23.9 Å². The number of amides is 1. The van der Waals surface area contributed by atoms with Crippen LogP contribution >= 0.6 is 35.3 Å². The summed E-state index contributed by atoms with van der Waals surface area (Å²) in [7, 11) is 0. The molecule has 188 valence electrons. The summed E-state index contributed by atoms with van der Waals surface area (Å²) in [5.74, 6) is -1.08. The van der Waals surface area contributed by atoms with Crippen LogP contribution in [-0.2, 0) is 4.79 Å². The molecule has 1 amide bonds. The maximum Gasteiger partial charge on any atom is 0.272 e. The molecule has 1 saturated heterocycles. The van der Waals surface area contributed by atoms with Gasteiger partial charge in [-0.25, -0.2) is 0 Å². The quantitative estimate of drug-likeness (QED) is 0.232. The number of rotatable bonds is 8. The van der Waals surface area contributed by atoms with Gasteiger partial charge in [-0.1, -0.05) is 60.4 Å². The highest BCUT2D eigenvalue weighted by atomic mass is 32.2. The van der Waals surface area contributed by atoms with Crippen LogP contribution in [0, 0.1) is 18.3 Å². The summed E-state index contributed by atoms with van der Waals surface area (Å²) >= 11 is 8.12. The Bertz CT molecular complexity index is 1500. The number of ketones is 1. The fourth-order valence-electron chi connectivity index (χ4n) is 4.21. The van der Waals surface area contributed by atoms with Crippen molar-refractivity contribution in [3.8, 4) is 11.9 Å². The monoisotopic (exact) mass is 549 g/mol. The molecular weight excluding hydrogens is 527 g/mol. The topological polar surface area (TPSA) is 103 Å². The van der Waals surface area contributed by atoms with Gasteiger partial charge in [0.15, 0.2) is 5.78 Å². The van der Waals surface area contributed by atoms with E-state index in [4.69, 9.17) is 12.2 Å². The number of nitriles is 1. The maximum atomic E-state index is 13.3. The lowest BCUT2D eigenvalue weighted by molar-refractivity contribution is -0.122. The van der Waals surface area contributed by atoms with Crippen molar-refractivity contribution < 1.29 is 14.7 Å². The Kier molecular flexibility index (Phi) is 8.07. The Labute approximate surface area is 227 Å². The van der Waals surface area contributed by atoms with Gasteiger partial charge < -0.3 is 5.11 Å². The number of aromatic hydroxyl groups is 1. The van der Waals surface area contributed by atoms with E-state index < -0.39 is 23.3 Å². The number of hydrogen-bond donors (Lipinski definition) is 1. The number of aromatic nitrogens is 1. The van der Waals surface area contributed by atoms with E-state index in [0.717, 1.165) is 15.0 Å². The van der Waals surface area contributed by atoms with Crippen LogP contribution in [0.4, 0.5) is 0 Å². The molecule has 3 heterocycles. The minimum atomic E-state index is -0.652. The Hall–Kier alpha value is -3.52. The lowest BCUT2D eigenvalue weighted by Crippen LogP contribution is -2.30. The third-order valence-corrected chi connectivity index (χ3v) is 8.37. The molecule has 3 aromatic rings. The van der Waals surface area contributed by atoms with E-state index in [1.807, 2.05) is 41.8 Å². The van der Waals surface area contributed by atoms with Gasteiger partial charge >= 0.3 is 0 Å². The molecule has 0 radical (unpaired) electrons. The maximum absolute atomic E-state index is 13.3. The fourth-order valence-corrected chi connectivity index (χ4v) is 6.25. The van der Waals surface area contributed by atoms with E-state index in [9.17, 15) is 24.8 Å². The zero-order valence-electron chi connectivity index (χ0n) is 20.1. The van der Waals surface area contributed by atoms with Crippen molar-refractivity contribution in [2.75, 3.05) is 6.54 Å². The second-order valence-electron chi connectivity index (χ2n) is 8.45. The van der Waals surface area contributed by atoms with E-state index >= 15 is 0 Å². The number of carbonyl (C=O) groups is 2. The van der Waals surface area contributed by atoms with Crippen LogP contribution in [0.1, 0.15) is 57.7 Å². The molecule has 0 spiro atoms. The number of hydrogen-bond acceptors (Lipinski definition) is 8. The van der Waals surface area contributed by atoms with Crippen molar-refractivity contribution in [3.05, 3.63) is 90.2 Å². The van der Waals surface area contributed by atoms with Gasteiger partial charge in [0.25, 0.3) is 11.5 Å². The minimum absolute atomic E-state index is 0.00176. The number of benzene rings is 1. The summed E-state index contributed by atoms with van der Waals surface area (Å²) in [6.45, 7) is 3.45. The normalized spacial score (nSPS) is 15.3. The van der Waals surface area contributed by atoms with E-state index in [2.05, 4.69) is 0 Å². The summed E-state index contributed by atoms with van der Waals surface area (Å²) in [6.07, 6.45) is 2.10. The molecule has 1 fully saturated rings. The largest absolute Gasteiger partial charge is 0.494 e. The first-order valence-electron chi connectivity index (χ1n) is 11.5. The predicted octanol–water partition coefficient (Wildman–Crippen LogP) is 5.27. The first-order valence-corrected chi connectivity index (χ1v) is 13.6. The lowest BCUT2D eigenvalue weighted by Gasteiger charge is -2.21. The van der Waals surface area contributed by atoms with Gasteiger partial charge in [0.2, 0.25) is 5.88 Å². The average molecular weight is 550 g/mol. The summed E-state index contributed by atoms with van der Waals surface area (Å²) in [5, 5.41) is 22.6. The number of thioether (sulfide) groups is 1. The van der Waals surface area contributed by atoms with Crippen molar-refractivity contribution in [3.63, 3.8) is 0 Å². The molecule has 1 atom stereocenters. The number of thiophene rings is 1. The smallest absolute Gasteiger partial charge is 0.272 e. The summed E-state index contributed by atoms with van der Waals surface area (Å²) < 4.78 is 1.52. The zero-order valence-corrected chi connectivity index (χ0v) is 22.6. The molecule has 0 saturated carbocycles. The Morgan fingerprint density at radius 1 is 1.22 bits per heavy atom. The Morgan fingerprint density at radius 2 is 1.95 bits per heavy atom. The molecule has 1 unspecified atom stereocenters. The van der Waals surface area contributed by atoms with Crippen LogP contribution in [0.5, 0.6) is 5.88 Å². The third kappa shape index (κ3) is 5.30. The van der Waals surface area contributed by atoms with E-state index in [0.29, 0.717) is 15.6 Å². The highest BCUT2D eigenvalue weighted by Gasteiger charge is 2.32. The first-order chi connectivity index (χ1) is 17.7. The first kappa shape index (κ1) is 26.5. The molecule has 1 aliphatic heterocycles. The number of carbonyl (C=O) groups excluding carboxylic acids is 2. The van der Waals surface area contributed by atoms with Gasteiger partial charge in [-0.15, -0.1) is 11.3 Å². The van der Waals surface area contributed by atoms with Crippen LogP contribution in [-0.4, -0.2) is 37.1 Å². The van der Waals surface area contributed by atoms with Crippen LogP contribution in [0.2, 0.25) is 0 Å². The van der Waals surface area contributed by atoms with Crippen LogP contribution in [0.15, 0.2) is 57.5 Å². The number of thiocarbonyl (C=S) groups is 1. The molecule has 10 heteroatoms. The number of Topliss-reactive ketones (excluding diaryl/α,β-unsaturated/α-hetero) is 1. The SMILES string of the molecule is Cc1c(C(=O)CCCN2C(=O)/C(=C/c3cccs3)SC2=S)c(O)n(C(C)c2ccccc2)c(=O)c1C#N. The molecule has 1 N–H and O–H groups in total. The van der Waals surface area contributed by atoms with Crippen molar-refractivity contribution in [1.29, 1.82) is 5.26 Å². The average Bonchev–Trinajstić information content (AvgIpc) is 3.48. The van der Waals surface area contributed by atoms with Gasteiger partial charge in [-0.05, 0) is 48.9 Å². The molecule has 2 aromatic heterocycles. The van der Waals surface area contributed by atoms with Crippen LogP contribution in [0.25, 0.3) is 6.08 Å².